The predicted octanol–water partition coefficient (Wildman–Crippen LogP) is 2.25. The van der Waals surface area contributed by atoms with Crippen LogP contribution in [0, 0.1) is 0 Å². The number of nitrogens with zero attached hydrogens (tertiary/aromatic N) is 3. The van der Waals surface area contributed by atoms with Crippen molar-refractivity contribution in [2.24, 2.45) is 5.73 Å². The quantitative estimate of drug-likeness (QED) is 0.0717. The molecule has 1 saturated heterocycles. The summed E-state index contributed by atoms with van der Waals surface area (Å²) in [6.07, 6.45) is 5.72. The van der Waals surface area contributed by atoms with Crippen molar-refractivity contribution in [3.63, 3.8) is 0 Å². The largest absolute Gasteiger partial charge is 0.397 e. The highest BCUT2D eigenvalue weighted by atomic mass is 16.2. The molecule has 0 aromatic heterocycles. The highest BCUT2D eigenvalue weighted by Gasteiger charge is 2.45. The molecule has 2 aliphatic rings. The Morgan fingerprint density at radius 1 is 1.06 bits per heavy atom. The first kappa shape index (κ1) is 37.1. The second-order valence-corrected chi connectivity index (χ2v) is 11.7. The van der Waals surface area contributed by atoms with E-state index in [9.17, 15) is 28.8 Å². The molecule has 2 aliphatic heterocycles. The standard InChI is InChI=1S/C34H46N8O6/c1-7-22(4)19-27(41(6)40(5)20-24(35)21(2)3)38-30(45)16-18-37-28(43)13-8-9-17-36-25-12-10-11-23-31(25)34(48)42(33(23)47)26-14-15-29(44)39-32(26)46/h10-12,19-20,26,36H,2,4,7-9,13-18,35H2,1,3,5-6H3,(H,37,43)(H,38,45)(H,39,44,46)/b24-20+,27-19-. The van der Waals surface area contributed by atoms with Crippen LogP contribution in [0.4, 0.5) is 5.69 Å². The maximum Gasteiger partial charge on any atom is 0.264 e. The first-order valence-corrected chi connectivity index (χ1v) is 15.9. The number of nitrogens with two attached hydrogens (primary N) is 1. The van der Waals surface area contributed by atoms with Gasteiger partial charge in [-0.05, 0) is 56.4 Å². The number of nitrogens with one attached hydrogen (secondary N) is 4. The van der Waals surface area contributed by atoms with Crippen LogP contribution in [-0.4, -0.2) is 83.6 Å². The second-order valence-electron chi connectivity index (χ2n) is 11.7. The Balaban J connectivity index is 1.43. The number of rotatable bonds is 17. The molecular formula is C34H46N8O6. The summed E-state index contributed by atoms with van der Waals surface area (Å²) in [6.45, 7) is 12.2. The zero-order valence-corrected chi connectivity index (χ0v) is 28.1. The molecule has 14 heteroatoms. The Labute approximate surface area is 281 Å². The third kappa shape index (κ3) is 9.56. The van der Waals surface area contributed by atoms with Crippen molar-refractivity contribution in [2.75, 3.05) is 32.5 Å². The molecule has 48 heavy (non-hydrogen) atoms. The lowest BCUT2D eigenvalue weighted by Crippen LogP contribution is -2.54. The normalized spacial score (nSPS) is 16.2. The van der Waals surface area contributed by atoms with Crippen LogP contribution in [0.5, 0.6) is 0 Å². The Kier molecular flexibility index (Phi) is 13.1. The number of imide groups is 2. The maximum atomic E-state index is 13.2. The zero-order chi connectivity index (χ0) is 35.5. The fourth-order valence-electron chi connectivity index (χ4n) is 4.98. The molecule has 0 bridgehead atoms. The summed E-state index contributed by atoms with van der Waals surface area (Å²) in [5, 5.41) is 14.4. The Hall–Kier alpha value is -5.40. The van der Waals surface area contributed by atoms with E-state index in [0.717, 1.165) is 10.5 Å². The van der Waals surface area contributed by atoms with Gasteiger partial charge in [-0.15, -0.1) is 0 Å². The van der Waals surface area contributed by atoms with Crippen LogP contribution in [0.1, 0.15) is 79.5 Å². The summed E-state index contributed by atoms with van der Waals surface area (Å²) < 4.78 is 0. The fraction of sp³-hybridized carbons (Fsp3) is 0.412. The van der Waals surface area contributed by atoms with Gasteiger partial charge in [-0.1, -0.05) is 31.7 Å². The lowest BCUT2D eigenvalue weighted by Gasteiger charge is -2.32. The van der Waals surface area contributed by atoms with Gasteiger partial charge in [-0.3, -0.25) is 49.0 Å². The summed E-state index contributed by atoms with van der Waals surface area (Å²) >= 11 is 0. The molecule has 1 fully saturated rings. The smallest absolute Gasteiger partial charge is 0.264 e. The molecule has 0 radical (unpaired) electrons. The fourth-order valence-corrected chi connectivity index (χ4v) is 4.98. The van der Waals surface area contributed by atoms with Crippen LogP contribution in [0.25, 0.3) is 0 Å². The molecule has 0 spiro atoms. The van der Waals surface area contributed by atoms with Gasteiger partial charge in [-0.2, -0.15) is 0 Å². The van der Waals surface area contributed by atoms with E-state index in [4.69, 9.17) is 5.73 Å². The van der Waals surface area contributed by atoms with Gasteiger partial charge in [0.1, 0.15) is 11.9 Å². The van der Waals surface area contributed by atoms with Crippen LogP contribution < -0.4 is 27.0 Å². The van der Waals surface area contributed by atoms with Crippen molar-refractivity contribution in [2.45, 2.75) is 64.8 Å². The Morgan fingerprint density at radius 2 is 1.79 bits per heavy atom. The predicted molar refractivity (Wildman–Crippen MR) is 181 cm³/mol. The van der Waals surface area contributed by atoms with Gasteiger partial charge in [0, 0.05) is 58.3 Å². The second kappa shape index (κ2) is 17.0. The number of piperidine rings is 1. The Bertz CT molecular complexity index is 1550. The number of benzene rings is 1. The van der Waals surface area contributed by atoms with Gasteiger partial charge in [0.15, 0.2) is 0 Å². The number of hydrazine groups is 1. The van der Waals surface area contributed by atoms with Crippen molar-refractivity contribution < 1.29 is 28.8 Å². The molecule has 0 saturated carbocycles. The number of carbonyl (C=O) groups excluding carboxylic acids is 6. The number of hydrogen-bond donors (Lipinski definition) is 5. The highest BCUT2D eigenvalue weighted by molar-refractivity contribution is 6.25. The average molecular weight is 663 g/mol. The number of anilines is 1. The van der Waals surface area contributed by atoms with Crippen LogP contribution in [0.3, 0.4) is 0 Å². The molecule has 6 amide bonds. The number of fused-ring (bicyclic) bond motifs is 1. The first-order chi connectivity index (χ1) is 22.7. The third-order valence-electron chi connectivity index (χ3n) is 7.99. The lowest BCUT2D eigenvalue weighted by molar-refractivity contribution is -0.136. The summed E-state index contributed by atoms with van der Waals surface area (Å²) in [6, 6.07) is 3.82. The molecule has 14 nitrogen and oxygen atoms in total. The van der Waals surface area contributed by atoms with Gasteiger partial charge >= 0.3 is 0 Å². The summed E-state index contributed by atoms with van der Waals surface area (Å²) in [4.78, 5) is 76.2. The van der Waals surface area contributed by atoms with Crippen molar-refractivity contribution in [1.82, 2.24) is 30.9 Å². The molecule has 1 unspecified atom stereocenters. The van der Waals surface area contributed by atoms with E-state index in [-0.39, 0.29) is 55.2 Å². The molecule has 0 aliphatic carbocycles. The van der Waals surface area contributed by atoms with Gasteiger partial charge in [0.05, 0.1) is 16.8 Å². The zero-order valence-electron chi connectivity index (χ0n) is 28.1. The molecule has 2 heterocycles. The Morgan fingerprint density at radius 3 is 2.46 bits per heavy atom. The van der Waals surface area contributed by atoms with Crippen molar-refractivity contribution in [3.8, 4) is 0 Å². The van der Waals surface area contributed by atoms with E-state index >= 15 is 0 Å². The van der Waals surface area contributed by atoms with Gasteiger partial charge in [0.2, 0.25) is 23.6 Å². The molecule has 6 N–H and O–H groups in total. The van der Waals surface area contributed by atoms with E-state index in [1.807, 2.05) is 6.92 Å². The van der Waals surface area contributed by atoms with Crippen molar-refractivity contribution >= 4 is 41.1 Å². The van der Waals surface area contributed by atoms with E-state index in [0.29, 0.717) is 48.6 Å². The minimum atomic E-state index is -1.04. The summed E-state index contributed by atoms with van der Waals surface area (Å²) in [7, 11) is 3.55. The van der Waals surface area contributed by atoms with Crippen LogP contribution in [0.15, 0.2) is 66.3 Å². The van der Waals surface area contributed by atoms with Gasteiger partial charge in [-0.25, -0.2) is 0 Å². The minimum absolute atomic E-state index is 0.0453. The molecule has 3 rings (SSSR count). The van der Waals surface area contributed by atoms with Gasteiger partial charge in [0.25, 0.3) is 11.8 Å². The SMILES string of the molecule is C=C(/C=C(/NC(=O)CCNC(=O)CCCCNc1cccc2c1C(=O)N(C1CCC(=O)NC1=O)C2=O)N(C)N(C)/C=C(/N)C(=C)C)CC. The molecule has 258 valence electrons. The number of amides is 6. The molecule has 1 atom stereocenters. The maximum absolute atomic E-state index is 13.2. The van der Waals surface area contributed by atoms with Gasteiger partial charge < -0.3 is 21.7 Å². The molecule has 1 aromatic rings. The topological polar surface area (TPSA) is 186 Å². The van der Waals surface area contributed by atoms with Crippen molar-refractivity contribution in [1.29, 1.82) is 0 Å². The average Bonchev–Trinajstić information content (AvgIpc) is 3.29. The highest BCUT2D eigenvalue weighted by Crippen LogP contribution is 2.32. The van der Waals surface area contributed by atoms with Crippen molar-refractivity contribution in [3.05, 3.63) is 77.4 Å². The molecular weight excluding hydrogens is 616 g/mol. The summed E-state index contributed by atoms with van der Waals surface area (Å²) in [5.74, 6) is -2.24. The minimum Gasteiger partial charge on any atom is -0.397 e. The van der Waals surface area contributed by atoms with E-state index in [1.165, 1.54) is 6.07 Å². The monoisotopic (exact) mass is 662 g/mol. The lowest BCUT2D eigenvalue weighted by atomic mass is 10.0. The van der Waals surface area contributed by atoms with E-state index in [2.05, 4.69) is 34.4 Å². The van der Waals surface area contributed by atoms with E-state index < -0.39 is 29.7 Å². The first-order valence-electron chi connectivity index (χ1n) is 15.9. The van der Waals surface area contributed by atoms with E-state index in [1.54, 1.807) is 55.4 Å². The van der Waals surface area contributed by atoms with Crippen LogP contribution >= 0.6 is 0 Å². The summed E-state index contributed by atoms with van der Waals surface area (Å²) in [5.41, 5.74) is 8.86. The number of hydrogen-bond acceptors (Lipinski definition) is 10. The third-order valence-corrected chi connectivity index (χ3v) is 7.99. The molecule has 1 aromatic carbocycles. The number of unbranched alkanes of at least 4 members (excludes halogenated alkanes) is 1. The number of carbonyl (C=O) groups is 6. The number of allylic oxidation sites excluding steroid dienone is 3. The van der Waals surface area contributed by atoms with Crippen LogP contribution in [0.2, 0.25) is 0 Å². The van der Waals surface area contributed by atoms with Crippen LogP contribution in [-0.2, 0) is 19.2 Å².